The lowest BCUT2D eigenvalue weighted by atomic mass is 9.83. The number of carbonyl (C=O) groups excluding carboxylic acids is 1. The summed E-state index contributed by atoms with van der Waals surface area (Å²) in [6.45, 7) is 6.21. The van der Waals surface area contributed by atoms with Crippen LogP contribution in [0.4, 0.5) is 0 Å². The van der Waals surface area contributed by atoms with Crippen molar-refractivity contribution in [2.45, 2.75) is 64.2 Å². The van der Waals surface area contributed by atoms with E-state index in [-0.39, 0.29) is 17.6 Å². The SMILES string of the molecule is CC[C@@H](Oc1ccc(Cl)cc1)C(=O)N[C@@H]1CC(CC)(CC)Oc2ccccc21. The molecule has 1 aliphatic rings. The summed E-state index contributed by atoms with van der Waals surface area (Å²) in [7, 11) is 0. The van der Waals surface area contributed by atoms with Gasteiger partial charge in [0.1, 0.15) is 17.1 Å². The summed E-state index contributed by atoms with van der Waals surface area (Å²) in [4.78, 5) is 13.0. The number of rotatable bonds is 7. The summed E-state index contributed by atoms with van der Waals surface area (Å²) in [6, 6.07) is 14.9. The van der Waals surface area contributed by atoms with Crippen molar-refractivity contribution in [3.63, 3.8) is 0 Å². The zero-order chi connectivity index (χ0) is 20.1. The molecule has 0 fully saturated rings. The number of benzene rings is 2. The van der Waals surface area contributed by atoms with Gasteiger partial charge < -0.3 is 14.8 Å². The number of hydrogen-bond acceptors (Lipinski definition) is 3. The Kier molecular flexibility index (Phi) is 6.50. The van der Waals surface area contributed by atoms with Crippen molar-refractivity contribution in [2.24, 2.45) is 0 Å². The summed E-state index contributed by atoms with van der Waals surface area (Å²) in [6.07, 6.45) is 2.55. The van der Waals surface area contributed by atoms with E-state index in [0.717, 1.165) is 30.6 Å². The Morgan fingerprint density at radius 1 is 1.18 bits per heavy atom. The monoisotopic (exact) mass is 401 g/mol. The molecule has 0 unspecified atom stereocenters. The first kappa shape index (κ1) is 20.5. The van der Waals surface area contributed by atoms with Crippen molar-refractivity contribution in [1.29, 1.82) is 0 Å². The fourth-order valence-corrected chi connectivity index (χ4v) is 3.82. The highest BCUT2D eigenvalue weighted by molar-refractivity contribution is 6.30. The Bertz CT molecular complexity index is 802. The second kappa shape index (κ2) is 8.87. The van der Waals surface area contributed by atoms with Gasteiger partial charge >= 0.3 is 0 Å². The second-order valence-electron chi connectivity index (χ2n) is 7.26. The first-order chi connectivity index (χ1) is 13.5. The van der Waals surface area contributed by atoms with Crippen LogP contribution in [0.5, 0.6) is 11.5 Å². The summed E-state index contributed by atoms with van der Waals surface area (Å²) in [5.41, 5.74) is 0.764. The highest BCUT2D eigenvalue weighted by Gasteiger charge is 2.39. The lowest BCUT2D eigenvalue weighted by Crippen LogP contribution is -2.47. The number of ether oxygens (including phenoxy) is 2. The van der Waals surface area contributed by atoms with Crippen molar-refractivity contribution in [2.75, 3.05) is 0 Å². The molecule has 1 heterocycles. The number of para-hydroxylation sites is 1. The lowest BCUT2D eigenvalue weighted by molar-refractivity contribution is -0.129. The Morgan fingerprint density at radius 3 is 2.50 bits per heavy atom. The van der Waals surface area contributed by atoms with E-state index in [4.69, 9.17) is 21.1 Å². The standard InChI is InChI=1S/C23H28ClNO3/c1-4-20(27-17-13-11-16(24)12-14-17)22(26)25-19-15-23(5-2,6-3)28-21-10-8-7-9-18(19)21/h7-14,19-20H,4-6,15H2,1-3H3,(H,25,26)/t19-,20-/m1/s1. The van der Waals surface area contributed by atoms with Gasteiger partial charge in [0.05, 0.1) is 6.04 Å². The van der Waals surface area contributed by atoms with Crippen molar-refractivity contribution < 1.29 is 14.3 Å². The van der Waals surface area contributed by atoms with Gasteiger partial charge in [0.25, 0.3) is 5.91 Å². The maximum absolute atomic E-state index is 13.0. The average molecular weight is 402 g/mol. The first-order valence-electron chi connectivity index (χ1n) is 10.0. The van der Waals surface area contributed by atoms with Crippen LogP contribution in [-0.4, -0.2) is 17.6 Å². The van der Waals surface area contributed by atoms with E-state index >= 15 is 0 Å². The minimum absolute atomic E-state index is 0.0970. The van der Waals surface area contributed by atoms with Gasteiger partial charge in [-0.1, -0.05) is 50.6 Å². The molecule has 0 radical (unpaired) electrons. The van der Waals surface area contributed by atoms with E-state index in [0.29, 0.717) is 17.2 Å². The predicted octanol–water partition coefficient (Wildman–Crippen LogP) is 5.70. The molecule has 0 bridgehead atoms. The molecule has 28 heavy (non-hydrogen) atoms. The number of carbonyl (C=O) groups is 1. The van der Waals surface area contributed by atoms with Gasteiger partial charge in [0, 0.05) is 17.0 Å². The summed E-state index contributed by atoms with van der Waals surface area (Å²) in [5, 5.41) is 3.85. The smallest absolute Gasteiger partial charge is 0.261 e. The van der Waals surface area contributed by atoms with Crippen molar-refractivity contribution >= 4 is 17.5 Å². The highest BCUT2D eigenvalue weighted by atomic mass is 35.5. The van der Waals surface area contributed by atoms with E-state index in [1.807, 2.05) is 31.2 Å². The molecular weight excluding hydrogens is 374 g/mol. The third kappa shape index (κ3) is 4.44. The van der Waals surface area contributed by atoms with Crippen LogP contribution in [0.25, 0.3) is 0 Å². The predicted molar refractivity (Wildman–Crippen MR) is 112 cm³/mol. The first-order valence-corrected chi connectivity index (χ1v) is 10.4. The van der Waals surface area contributed by atoms with Crippen molar-refractivity contribution in [3.8, 4) is 11.5 Å². The Balaban J connectivity index is 1.78. The molecule has 150 valence electrons. The van der Waals surface area contributed by atoms with Gasteiger partial charge in [-0.2, -0.15) is 0 Å². The fourth-order valence-electron chi connectivity index (χ4n) is 3.69. The zero-order valence-electron chi connectivity index (χ0n) is 16.7. The normalized spacial score (nSPS) is 18.5. The van der Waals surface area contributed by atoms with E-state index in [9.17, 15) is 4.79 Å². The van der Waals surface area contributed by atoms with Crippen molar-refractivity contribution in [3.05, 3.63) is 59.1 Å². The van der Waals surface area contributed by atoms with Gasteiger partial charge in [-0.15, -0.1) is 0 Å². The molecule has 0 spiro atoms. The number of amides is 1. The molecule has 2 atom stereocenters. The number of hydrogen-bond donors (Lipinski definition) is 1. The van der Waals surface area contributed by atoms with E-state index < -0.39 is 6.10 Å². The molecule has 4 nitrogen and oxygen atoms in total. The molecular formula is C23H28ClNO3. The van der Waals surface area contributed by atoms with Crippen LogP contribution in [0.15, 0.2) is 48.5 Å². The summed E-state index contributed by atoms with van der Waals surface area (Å²) >= 11 is 5.93. The largest absolute Gasteiger partial charge is 0.487 e. The Labute approximate surface area is 172 Å². The Hall–Kier alpha value is -2.20. The molecule has 2 aromatic rings. The minimum Gasteiger partial charge on any atom is -0.487 e. The molecule has 2 aromatic carbocycles. The maximum Gasteiger partial charge on any atom is 0.261 e. The van der Waals surface area contributed by atoms with Gasteiger partial charge in [0.15, 0.2) is 6.10 Å². The topological polar surface area (TPSA) is 47.6 Å². The lowest BCUT2D eigenvalue weighted by Gasteiger charge is -2.42. The van der Waals surface area contributed by atoms with E-state index in [1.54, 1.807) is 24.3 Å². The molecule has 0 aliphatic carbocycles. The molecule has 5 heteroatoms. The maximum atomic E-state index is 13.0. The van der Waals surface area contributed by atoms with Crippen LogP contribution < -0.4 is 14.8 Å². The summed E-state index contributed by atoms with van der Waals surface area (Å²) < 4.78 is 12.2. The van der Waals surface area contributed by atoms with Crippen LogP contribution >= 0.6 is 11.6 Å². The molecule has 0 saturated heterocycles. The minimum atomic E-state index is -0.561. The van der Waals surface area contributed by atoms with Crippen LogP contribution in [0.2, 0.25) is 5.02 Å². The molecule has 1 amide bonds. The van der Waals surface area contributed by atoms with E-state index in [1.165, 1.54) is 0 Å². The second-order valence-corrected chi connectivity index (χ2v) is 7.70. The third-order valence-corrected chi connectivity index (χ3v) is 5.81. The van der Waals surface area contributed by atoms with Gasteiger partial charge in [0.2, 0.25) is 0 Å². The van der Waals surface area contributed by atoms with Crippen molar-refractivity contribution in [1.82, 2.24) is 5.32 Å². The molecule has 3 rings (SSSR count). The van der Waals surface area contributed by atoms with Gasteiger partial charge in [-0.05, 0) is 49.6 Å². The molecule has 1 N–H and O–H groups in total. The third-order valence-electron chi connectivity index (χ3n) is 5.56. The number of fused-ring (bicyclic) bond motifs is 1. The highest BCUT2D eigenvalue weighted by Crippen LogP contribution is 2.42. The number of nitrogens with one attached hydrogen (secondary N) is 1. The number of halogens is 1. The average Bonchev–Trinajstić information content (AvgIpc) is 2.73. The zero-order valence-corrected chi connectivity index (χ0v) is 17.5. The molecule has 1 aliphatic heterocycles. The van der Waals surface area contributed by atoms with Crippen LogP contribution in [-0.2, 0) is 4.79 Å². The van der Waals surface area contributed by atoms with Crippen LogP contribution in [0, 0.1) is 0 Å². The van der Waals surface area contributed by atoms with Crippen LogP contribution in [0.1, 0.15) is 58.1 Å². The van der Waals surface area contributed by atoms with E-state index in [2.05, 4.69) is 19.2 Å². The molecule has 0 aromatic heterocycles. The van der Waals surface area contributed by atoms with Gasteiger partial charge in [-0.25, -0.2) is 0 Å². The Morgan fingerprint density at radius 2 is 1.86 bits per heavy atom. The summed E-state index contributed by atoms with van der Waals surface area (Å²) in [5.74, 6) is 1.38. The fraction of sp³-hybridized carbons (Fsp3) is 0.435. The quantitative estimate of drug-likeness (QED) is 0.647. The van der Waals surface area contributed by atoms with Gasteiger partial charge in [-0.3, -0.25) is 4.79 Å². The van der Waals surface area contributed by atoms with Crippen LogP contribution in [0.3, 0.4) is 0 Å². The molecule has 0 saturated carbocycles.